The number of nitrogens with zero attached hydrogens (tertiary/aromatic N) is 2. The van der Waals surface area contributed by atoms with Crippen LogP contribution in [-0.2, 0) is 16.0 Å². The zero-order valence-corrected chi connectivity index (χ0v) is 18.5. The van der Waals surface area contributed by atoms with Gasteiger partial charge in [-0.05, 0) is 42.8 Å². The standard InChI is InChI=1S/C21H19F5N2O4S/c1-4-33(29,30)19-17(13-7-12(2)8-14(9-13)21(24,25)26)28-32-18(19)16-6-5-15(10-27-16)31-11-20(3,22)23/h5-10H,4,11H2,1-3H3. The van der Waals surface area contributed by atoms with Gasteiger partial charge >= 0.3 is 6.18 Å². The number of ether oxygens (including phenoxy) is 1. The van der Waals surface area contributed by atoms with E-state index in [4.69, 9.17) is 9.26 Å². The highest BCUT2D eigenvalue weighted by molar-refractivity contribution is 7.91. The Morgan fingerprint density at radius 3 is 2.33 bits per heavy atom. The molecule has 0 unspecified atom stereocenters. The number of rotatable bonds is 7. The van der Waals surface area contributed by atoms with Crippen LogP contribution in [0.25, 0.3) is 22.7 Å². The van der Waals surface area contributed by atoms with Crippen LogP contribution in [0.5, 0.6) is 5.75 Å². The molecule has 0 radical (unpaired) electrons. The van der Waals surface area contributed by atoms with Crippen molar-refractivity contribution in [1.29, 1.82) is 0 Å². The topological polar surface area (TPSA) is 82.3 Å². The van der Waals surface area contributed by atoms with Crippen molar-refractivity contribution in [2.24, 2.45) is 0 Å². The predicted octanol–water partition coefficient (Wildman–Crippen LogP) is 5.56. The molecule has 0 spiro atoms. The summed E-state index contributed by atoms with van der Waals surface area (Å²) in [5, 5.41) is 3.74. The molecule has 178 valence electrons. The highest BCUT2D eigenvalue weighted by Crippen LogP contribution is 2.39. The van der Waals surface area contributed by atoms with Gasteiger partial charge in [0.1, 0.15) is 22.0 Å². The summed E-state index contributed by atoms with van der Waals surface area (Å²) in [5.74, 6) is -3.72. The summed E-state index contributed by atoms with van der Waals surface area (Å²) < 4.78 is 102. The molecule has 0 saturated heterocycles. The monoisotopic (exact) mass is 490 g/mol. The first-order chi connectivity index (χ1) is 15.2. The summed E-state index contributed by atoms with van der Waals surface area (Å²) >= 11 is 0. The molecule has 12 heteroatoms. The summed E-state index contributed by atoms with van der Waals surface area (Å²) in [4.78, 5) is 3.58. The normalized spacial score (nSPS) is 12.7. The highest BCUT2D eigenvalue weighted by atomic mass is 32.2. The average Bonchev–Trinajstić information content (AvgIpc) is 3.17. The maximum absolute atomic E-state index is 13.3. The Hall–Kier alpha value is -3.02. The Morgan fingerprint density at radius 2 is 1.79 bits per heavy atom. The van der Waals surface area contributed by atoms with Crippen LogP contribution in [0.3, 0.4) is 0 Å². The molecule has 33 heavy (non-hydrogen) atoms. The van der Waals surface area contributed by atoms with Crippen LogP contribution in [0.2, 0.25) is 0 Å². The molecular formula is C21H19F5N2O4S. The SMILES string of the molecule is CCS(=O)(=O)c1c(-c2cc(C)cc(C(F)(F)F)c2)noc1-c1ccc(OCC(C)(F)F)cn1. The van der Waals surface area contributed by atoms with Crippen LogP contribution in [-0.4, -0.2) is 36.8 Å². The van der Waals surface area contributed by atoms with Gasteiger partial charge in [-0.2, -0.15) is 13.2 Å². The summed E-state index contributed by atoms with van der Waals surface area (Å²) in [7, 11) is -4.02. The molecule has 3 aromatic rings. The van der Waals surface area contributed by atoms with Gasteiger partial charge in [-0.25, -0.2) is 22.2 Å². The first-order valence-electron chi connectivity index (χ1n) is 9.60. The van der Waals surface area contributed by atoms with Gasteiger partial charge in [-0.3, -0.25) is 0 Å². The van der Waals surface area contributed by atoms with Crippen molar-refractivity contribution >= 4 is 9.84 Å². The Bertz CT molecular complexity index is 1250. The van der Waals surface area contributed by atoms with Crippen LogP contribution < -0.4 is 4.74 Å². The lowest BCUT2D eigenvalue weighted by Gasteiger charge is -2.12. The van der Waals surface area contributed by atoms with Gasteiger partial charge in [-0.15, -0.1) is 0 Å². The summed E-state index contributed by atoms with van der Waals surface area (Å²) in [6, 6.07) is 5.64. The molecule has 0 N–H and O–H groups in total. The van der Waals surface area contributed by atoms with E-state index in [1.165, 1.54) is 32.0 Å². The number of halogens is 5. The molecule has 0 bridgehead atoms. The van der Waals surface area contributed by atoms with E-state index in [0.717, 1.165) is 18.3 Å². The molecule has 1 aromatic carbocycles. The van der Waals surface area contributed by atoms with Crippen LogP contribution >= 0.6 is 0 Å². The molecule has 0 fully saturated rings. The molecule has 0 aliphatic rings. The van der Waals surface area contributed by atoms with Crippen molar-refractivity contribution < 1.29 is 39.6 Å². The summed E-state index contributed by atoms with van der Waals surface area (Å²) in [5.41, 5.74) is -1.10. The van der Waals surface area contributed by atoms with E-state index in [0.29, 0.717) is 6.92 Å². The minimum absolute atomic E-state index is 0.00779. The van der Waals surface area contributed by atoms with E-state index in [1.807, 2.05) is 0 Å². The Kier molecular flexibility index (Phi) is 6.51. The van der Waals surface area contributed by atoms with E-state index in [9.17, 15) is 30.4 Å². The van der Waals surface area contributed by atoms with Gasteiger partial charge in [0, 0.05) is 12.5 Å². The van der Waals surface area contributed by atoms with Crippen LogP contribution in [0.4, 0.5) is 22.0 Å². The van der Waals surface area contributed by atoms with E-state index < -0.39 is 39.0 Å². The first kappa shape index (κ1) is 24.6. The Labute approximate surface area is 186 Å². The second-order valence-electron chi connectivity index (χ2n) is 7.42. The third-order valence-electron chi connectivity index (χ3n) is 4.48. The lowest BCUT2D eigenvalue weighted by molar-refractivity contribution is -0.137. The average molecular weight is 490 g/mol. The molecule has 0 aliphatic carbocycles. The van der Waals surface area contributed by atoms with E-state index >= 15 is 0 Å². The fourth-order valence-corrected chi connectivity index (χ4v) is 4.12. The number of hydrogen-bond donors (Lipinski definition) is 0. The van der Waals surface area contributed by atoms with Crippen LogP contribution in [0, 0.1) is 6.92 Å². The minimum Gasteiger partial charge on any atom is -0.486 e. The molecule has 2 aromatic heterocycles. The number of sulfone groups is 1. The maximum Gasteiger partial charge on any atom is 0.416 e. The third-order valence-corrected chi connectivity index (χ3v) is 6.24. The van der Waals surface area contributed by atoms with Gasteiger partial charge in [0.05, 0.1) is 17.5 Å². The third kappa shape index (κ3) is 5.67. The Morgan fingerprint density at radius 1 is 1.09 bits per heavy atom. The predicted molar refractivity (Wildman–Crippen MR) is 109 cm³/mol. The zero-order chi connectivity index (χ0) is 24.6. The summed E-state index contributed by atoms with van der Waals surface area (Å²) in [6.45, 7) is 2.60. The number of pyridine rings is 1. The van der Waals surface area contributed by atoms with E-state index in [1.54, 1.807) is 0 Å². The molecule has 0 atom stereocenters. The van der Waals surface area contributed by atoms with Crippen molar-refractivity contribution in [2.75, 3.05) is 12.4 Å². The molecule has 3 rings (SSSR count). The van der Waals surface area contributed by atoms with Crippen LogP contribution in [0.15, 0.2) is 45.9 Å². The van der Waals surface area contributed by atoms with E-state index in [-0.39, 0.29) is 39.8 Å². The number of alkyl halides is 5. The molecule has 0 saturated carbocycles. The Balaban J connectivity index is 2.11. The lowest BCUT2D eigenvalue weighted by Crippen LogP contribution is -2.20. The number of hydrogen-bond acceptors (Lipinski definition) is 6. The second kappa shape index (κ2) is 8.73. The quantitative estimate of drug-likeness (QED) is 0.404. The number of aryl methyl sites for hydroxylation is 1. The van der Waals surface area contributed by atoms with Crippen molar-refractivity contribution in [3.05, 3.63) is 47.7 Å². The van der Waals surface area contributed by atoms with Crippen molar-refractivity contribution in [3.8, 4) is 28.5 Å². The van der Waals surface area contributed by atoms with Gasteiger partial charge in [0.25, 0.3) is 5.92 Å². The number of aromatic nitrogens is 2. The van der Waals surface area contributed by atoms with Crippen LogP contribution in [0.1, 0.15) is 25.0 Å². The van der Waals surface area contributed by atoms with E-state index in [2.05, 4.69) is 10.1 Å². The summed E-state index contributed by atoms with van der Waals surface area (Å²) in [6.07, 6.45) is -3.55. The smallest absolute Gasteiger partial charge is 0.416 e. The molecule has 2 heterocycles. The van der Waals surface area contributed by atoms with Gasteiger partial charge in [0.2, 0.25) is 5.76 Å². The first-order valence-corrected chi connectivity index (χ1v) is 11.3. The zero-order valence-electron chi connectivity index (χ0n) is 17.7. The van der Waals surface area contributed by atoms with Gasteiger partial charge in [0.15, 0.2) is 16.4 Å². The second-order valence-corrected chi connectivity index (χ2v) is 9.63. The number of benzene rings is 1. The largest absolute Gasteiger partial charge is 0.486 e. The molecule has 6 nitrogen and oxygen atoms in total. The lowest BCUT2D eigenvalue weighted by atomic mass is 10.0. The molecule has 0 aliphatic heterocycles. The fourth-order valence-electron chi connectivity index (χ4n) is 2.96. The van der Waals surface area contributed by atoms with Crippen molar-refractivity contribution in [2.45, 2.75) is 37.8 Å². The fraction of sp³-hybridized carbons (Fsp3) is 0.333. The van der Waals surface area contributed by atoms with Crippen molar-refractivity contribution in [3.63, 3.8) is 0 Å². The minimum atomic E-state index is -4.65. The van der Waals surface area contributed by atoms with Crippen molar-refractivity contribution in [1.82, 2.24) is 10.1 Å². The highest BCUT2D eigenvalue weighted by Gasteiger charge is 2.34. The molecular weight excluding hydrogens is 471 g/mol. The van der Waals surface area contributed by atoms with Gasteiger partial charge < -0.3 is 9.26 Å². The maximum atomic E-state index is 13.3. The molecule has 0 amide bonds. The van der Waals surface area contributed by atoms with Gasteiger partial charge in [-0.1, -0.05) is 12.1 Å².